The Hall–Kier alpha value is -3.40. The van der Waals surface area contributed by atoms with Gasteiger partial charge in [-0.25, -0.2) is 13.1 Å². The summed E-state index contributed by atoms with van der Waals surface area (Å²) in [5.74, 6) is -0.890. The lowest BCUT2D eigenvalue weighted by molar-refractivity contribution is -0.137. The van der Waals surface area contributed by atoms with E-state index in [-0.39, 0.29) is 11.3 Å². The Balaban J connectivity index is 2.08. The summed E-state index contributed by atoms with van der Waals surface area (Å²) >= 11 is 0. The monoisotopic (exact) mass is 422 g/mol. The number of alkyl halides is 3. The molecule has 150 valence electrons. The summed E-state index contributed by atoms with van der Waals surface area (Å²) in [6, 6.07) is 10.8. The van der Waals surface area contributed by atoms with Crippen LogP contribution in [0.2, 0.25) is 0 Å². The van der Waals surface area contributed by atoms with Gasteiger partial charge in [-0.05, 0) is 53.9 Å². The number of carbonyl (C=O) groups is 1. The predicted octanol–water partition coefficient (Wildman–Crippen LogP) is 3.21. The Morgan fingerprint density at radius 3 is 2.28 bits per heavy atom. The summed E-state index contributed by atoms with van der Waals surface area (Å²) in [7, 11) is -3.98. The van der Waals surface area contributed by atoms with Crippen molar-refractivity contribution in [1.82, 2.24) is 9.29 Å². The summed E-state index contributed by atoms with van der Waals surface area (Å²) in [6.07, 6.45) is -4.50. The van der Waals surface area contributed by atoms with Crippen LogP contribution in [0.25, 0.3) is 16.6 Å². The maximum Gasteiger partial charge on any atom is 0.416 e. The third-order valence-corrected chi connectivity index (χ3v) is 4.97. The fourth-order valence-electron chi connectivity index (χ4n) is 2.68. The van der Waals surface area contributed by atoms with E-state index in [0.717, 1.165) is 12.1 Å². The fraction of sp³-hybridized carbons (Fsp3) is 0.0526. The topological polar surface area (TPSA) is 85.2 Å². The zero-order valence-corrected chi connectivity index (χ0v) is 15.4. The van der Waals surface area contributed by atoms with E-state index >= 15 is 0 Å². The molecule has 0 atom stereocenters. The molecule has 0 aliphatic rings. The molecule has 0 aliphatic heterocycles. The van der Waals surface area contributed by atoms with Gasteiger partial charge in [-0.2, -0.15) is 13.2 Å². The number of nitrogens with zero attached hydrogens (tertiary/aromatic N) is 1. The number of carbonyl (C=O) groups excluding carboxylic acids is 1. The number of benzene rings is 2. The van der Waals surface area contributed by atoms with Crippen molar-refractivity contribution >= 4 is 26.8 Å². The Morgan fingerprint density at radius 1 is 1.03 bits per heavy atom. The van der Waals surface area contributed by atoms with Gasteiger partial charge < -0.3 is 0 Å². The predicted molar refractivity (Wildman–Crippen MR) is 101 cm³/mol. The number of aromatic nitrogens is 1. The highest BCUT2D eigenvalue weighted by Crippen LogP contribution is 2.30. The van der Waals surface area contributed by atoms with Crippen molar-refractivity contribution in [3.8, 4) is 5.69 Å². The van der Waals surface area contributed by atoms with E-state index in [0.29, 0.717) is 16.3 Å². The first kappa shape index (κ1) is 20.3. The van der Waals surface area contributed by atoms with Crippen LogP contribution in [0.5, 0.6) is 0 Å². The molecule has 1 aromatic heterocycles. The lowest BCUT2D eigenvalue weighted by atomic mass is 10.1. The molecule has 10 heteroatoms. The smallest absolute Gasteiger partial charge is 0.277 e. The van der Waals surface area contributed by atoms with Gasteiger partial charge in [0.1, 0.15) is 0 Å². The zero-order valence-electron chi connectivity index (χ0n) is 14.6. The van der Waals surface area contributed by atoms with Gasteiger partial charge in [-0.3, -0.25) is 14.2 Å². The molecule has 29 heavy (non-hydrogen) atoms. The van der Waals surface area contributed by atoms with E-state index < -0.39 is 33.2 Å². The fourth-order valence-corrected chi connectivity index (χ4v) is 3.14. The molecule has 0 radical (unpaired) electrons. The highest BCUT2D eigenvalue weighted by atomic mass is 32.2. The van der Waals surface area contributed by atoms with Crippen molar-refractivity contribution in [2.75, 3.05) is 0 Å². The minimum absolute atomic E-state index is 0.0144. The Labute approximate surface area is 163 Å². The quantitative estimate of drug-likeness (QED) is 0.700. The SMILES string of the molecule is C=CS(=O)(=O)NC(=O)c1ccc2c(ccc(=O)n2-c2ccc(C(F)(F)F)cc2)c1. The second kappa shape index (κ2) is 7.21. The van der Waals surface area contributed by atoms with E-state index in [1.54, 1.807) is 4.72 Å². The molecule has 0 spiro atoms. The van der Waals surface area contributed by atoms with Crippen LogP contribution >= 0.6 is 0 Å². The number of nitrogens with one attached hydrogen (secondary N) is 1. The van der Waals surface area contributed by atoms with Crippen LogP contribution in [-0.4, -0.2) is 18.9 Å². The van der Waals surface area contributed by atoms with Gasteiger partial charge in [-0.1, -0.05) is 6.58 Å². The summed E-state index contributed by atoms with van der Waals surface area (Å²) in [6.45, 7) is 3.09. The van der Waals surface area contributed by atoms with Gasteiger partial charge in [0.2, 0.25) is 0 Å². The average molecular weight is 422 g/mol. The number of hydrogen-bond donors (Lipinski definition) is 1. The summed E-state index contributed by atoms with van der Waals surface area (Å²) in [4.78, 5) is 24.4. The third kappa shape index (κ3) is 4.21. The van der Waals surface area contributed by atoms with Crippen LogP contribution in [0.1, 0.15) is 15.9 Å². The molecular formula is C19H13F3N2O4S. The number of sulfonamides is 1. The van der Waals surface area contributed by atoms with Crippen LogP contribution in [-0.2, 0) is 16.2 Å². The number of rotatable bonds is 4. The number of amides is 1. The normalized spacial score (nSPS) is 12.0. The van der Waals surface area contributed by atoms with Crippen LogP contribution < -0.4 is 10.3 Å². The van der Waals surface area contributed by atoms with Gasteiger partial charge >= 0.3 is 6.18 Å². The highest BCUT2D eigenvalue weighted by molar-refractivity contribution is 7.92. The van der Waals surface area contributed by atoms with Crippen molar-refractivity contribution in [1.29, 1.82) is 0 Å². The molecule has 1 amide bonds. The molecule has 0 saturated carbocycles. The van der Waals surface area contributed by atoms with Crippen LogP contribution in [0.4, 0.5) is 13.2 Å². The summed E-state index contributed by atoms with van der Waals surface area (Å²) < 4.78 is 64.2. The molecule has 3 aromatic rings. The first-order chi connectivity index (χ1) is 13.5. The lowest BCUT2D eigenvalue weighted by Gasteiger charge is -2.13. The highest BCUT2D eigenvalue weighted by Gasteiger charge is 2.30. The maximum atomic E-state index is 12.8. The molecule has 2 aromatic carbocycles. The number of halogens is 3. The van der Waals surface area contributed by atoms with Crippen molar-refractivity contribution < 1.29 is 26.4 Å². The van der Waals surface area contributed by atoms with E-state index in [1.165, 1.54) is 47.0 Å². The molecule has 1 heterocycles. The molecule has 1 N–H and O–H groups in total. The van der Waals surface area contributed by atoms with E-state index in [2.05, 4.69) is 6.58 Å². The Bertz CT molecular complexity index is 1280. The molecule has 6 nitrogen and oxygen atoms in total. The summed E-state index contributed by atoms with van der Waals surface area (Å²) in [5.41, 5.74) is -0.776. The first-order valence-corrected chi connectivity index (χ1v) is 9.59. The van der Waals surface area contributed by atoms with Crippen molar-refractivity contribution in [3.63, 3.8) is 0 Å². The van der Waals surface area contributed by atoms with Crippen molar-refractivity contribution in [2.45, 2.75) is 6.18 Å². The number of fused-ring (bicyclic) bond motifs is 1. The zero-order chi connectivity index (χ0) is 21.4. The van der Waals surface area contributed by atoms with Crippen LogP contribution in [0.3, 0.4) is 0 Å². The summed E-state index contributed by atoms with van der Waals surface area (Å²) in [5, 5.41) is 1.00. The van der Waals surface area contributed by atoms with E-state index in [4.69, 9.17) is 0 Å². The largest absolute Gasteiger partial charge is 0.416 e. The van der Waals surface area contributed by atoms with Gasteiger partial charge in [-0.15, -0.1) is 0 Å². The van der Waals surface area contributed by atoms with Crippen LogP contribution in [0, 0.1) is 0 Å². The Morgan fingerprint density at radius 2 is 1.69 bits per heavy atom. The maximum absolute atomic E-state index is 12.8. The van der Waals surface area contributed by atoms with E-state index in [9.17, 15) is 31.2 Å². The van der Waals surface area contributed by atoms with Crippen LogP contribution in [0.15, 0.2) is 71.4 Å². The molecule has 3 rings (SSSR count). The molecule has 0 fully saturated rings. The standard InChI is InChI=1S/C19H13F3N2O4S/c1-2-29(27,28)23-18(26)13-3-9-16-12(11-13)4-10-17(25)24(16)15-7-5-14(6-8-15)19(20,21)22/h2-11H,1H2,(H,23,26). The lowest BCUT2D eigenvalue weighted by Crippen LogP contribution is -2.28. The minimum Gasteiger partial charge on any atom is -0.277 e. The Kier molecular flexibility index (Phi) is 5.05. The van der Waals surface area contributed by atoms with Gasteiger partial charge in [0.25, 0.3) is 21.5 Å². The molecule has 0 aliphatic carbocycles. The number of pyridine rings is 1. The molecular weight excluding hydrogens is 409 g/mol. The second-order valence-corrected chi connectivity index (χ2v) is 7.60. The average Bonchev–Trinajstić information content (AvgIpc) is 2.66. The van der Waals surface area contributed by atoms with Crippen molar-refractivity contribution in [2.24, 2.45) is 0 Å². The van der Waals surface area contributed by atoms with Gasteiger partial charge in [0.15, 0.2) is 0 Å². The second-order valence-electron chi connectivity index (χ2n) is 5.97. The third-order valence-electron chi connectivity index (χ3n) is 4.06. The van der Waals surface area contributed by atoms with Gasteiger partial charge in [0, 0.05) is 22.7 Å². The molecule has 0 unspecified atom stereocenters. The van der Waals surface area contributed by atoms with E-state index in [1.807, 2.05) is 0 Å². The first-order valence-electron chi connectivity index (χ1n) is 8.05. The molecule has 0 saturated heterocycles. The van der Waals surface area contributed by atoms with Gasteiger partial charge in [0.05, 0.1) is 11.1 Å². The van der Waals surface area contributed by atoms with Crippen molar-refractivity contribution in [3.05, 3.63) is 88.1 Å². The minimum atomic E-state index is -4.50. The number of hydrogen-bond acceptors (Lipinski definition) is 4. The molecule has 0 bridgehead atoms.